The lowest BCUT2D eigenvalue weighted by Gasteiger charge is -2.17. The van der Waals surface area contributed by atoms with Crippen molar-refractivity contribution in [3.8, 4) is 5.75 Å². The molecule has 0 aliphatic carbocycles. The van der Waals surface area contributed by atoms with Crippen LogP contribution in [0.5, 0.6) is 5.75 Å². The molecule has 0 aliphatic heterocycles. The minimum absolute atomic E-state index is 0.328. The van der Waals surface area contributed by atoms with Gasteiger partial charge in [0.05, 0.1) is 0 Å². The number of aliphatic hydroxyl groups excluding tert-OH is 1. The molecule has 0 bridgehead atoms. The fourth-order valence-corrected chi connectivity index (χ4v) is 1.76. The van der Waals surface area contributed by atoms with Crippen LogP contribution >= 0.6 is 0 Å². The average molecular weight is 251 g/mol. The highest BCUT2D eigenvalue weighted by molar-refractivity contribution is 5.26. The van der Waals surface area contributed by atoms with Gasteiger partial charge in [-0.15, -0.1) is 0 Å². The molecular weight excluding hydrogens is 226 g/mol. The van der Waals surface area contributed by atoms with Gasteiger partial charge in [0.15, 0.2) is 0 Å². The Morgan fingerprint density at radius 1 is 1.28 bits per heavy atom. The van der Waals surface area contributed by atoms with Crippen LogP contribution in [0.1, 0.15) is 32.3 Å². The molecule has 0 radical (unpaired) electrons. The Morgan fingerprint density at radius 3 is 2.56 bits per heavy atom. The van der Waals surface area contributed by atoms with E-state index in [0.29, 0.717) is 19.2 Å². The van der Waals surface area contributed by atoms with Crippen molar-refractivity contribution in [3.05, 3.63) is 29.8 Å². The minimum atomic E-state index is -0.467. The standard InChI is InChI=1S/C15H25NO2/c1-4-5-13(3)16-10-14(17)11-18-15-8-6-12(2)7-9-15/h6-9,13-14,16-17H,4-5,10-11H2,1-3H3. The van der Waals surface area contributed by atoms with Crippen LogP contribution in [-0.4, -0.2) is 30.4 Å². The van der Waals surface area contributed by atoms with E-state index in [1.165, 1.54) is 5.56 Å². The zero-order valence-electron chi connectivity index (χ0n) is 11.6. The van der Waals surface area contributed by atoms with Crippen LogP contribution in [0, 0.1) is 6.92 Å². The van der Waals surface area contributed by atoms with E-state index in [-0.39, 0.29) is 0 Å². The first-order chi connectivity index (χ1) is 8.61. The molecule has 0 saturated carbocycles. The van der Waals surface area contributed by atoms with Gasteiger partial charge in [-0.25, -0.2) is 0 Å². The number of hydrogen-bond acceptors (Lipinski definition) is 3. The lowest BCUT2D eigenvalue weighted by atomic mass is 10.2. The van der Waals surface area contributed by atoms with Gasteiger partial charge in [0.2, 0.25) is 0 Å². The second-order valence-electron chi connectivity index (χ2n) is 4.88. The van der Waals surface area contributed by atoms with Crippen molar-refractivity contribution in [1.29, 1.82) is 0 Å². The molecule has 1 aromatic rings. The van der Waals surface area contributed by atoms with E-state index in [1.54, 1.807) is 0 Å². The third-order valence-corrected chi connectivity index (χ3v) is 2.89. The van der Waals surface area contributed by atoms with Crippen molar-refractivity contribution in [2.75, 3.05) is 13.2 Å². The zero-order valence-corrected chi connectivity index (χ0v) is 11.6. The summed E-state index contributed by atoms with van der Waals surface area (Å²) in [7, 11) is 0. The van der Waals surface area contributed by atoms with Gasteiger partial charge in [0, 0.05) is 12.6 Å². The van der Waals surface area contributed by atoms with Gasteiger partial charge in [-0.3, -0.25) is 0 Å². The Hall–Kier alpha value is -1.06. The third-order valence-electron chi connectivity index (χ3n) is 2.89. The van der Waals surface area contributed by atoms with Crippen molar-refractivity contribution in [2.24, 2.45) is 0 Å². The molecule has 2 atom stereocenters. The van der Waals surface area contributed by atoms with Gasteiger partial charge >= 0.3 is 0 Å². The molecule has 0 spiro atoms. The minimum Gasteiger partial charge on any atom is -0.491 e. The predicted molar refractivity (Wildman–Crippen MR) is 75.1 cm³/mol. The largest absolute Gasteiger partial charge is 0.491 e. The Bertz CT molecular complexity index is 324. The number of aliphatic hydroxyl groups is 1. The van der Waals surface area contributed by atoms with Crippen molar-refractivity contribution in [3.63, 3.8) is 0 Å². The van der Waals surface area contributed by atoms with E-state index in [2.05, 4.69) is 19.2 Å². The average Bonchev–Trinajstić information content (AvgIpc) is 2.36. The van der Waals surface area contributed by atoms with Crippen LogP contribution in [0.25, 0.3) is 0 Å². The van der Waals surface area contributed by atoms with Crippen molar-refractivity contribution in [1.82, 2.24) is 5.32 Å². The summed E-state index contributed by atoms with van der Waals surface area (Å²) in [6, 6.07) is 8.31. The van der Waals surface area contributed by atoms with Crippen LogP contribution in [0.15, 0.2) is 24.3 Å². The summed E-state index contributed by atoms with van der Waals surface area (Å²) in [6.45, 7) is 7.24. The van der Waals surface area contributed by atoms with E-state index in [4.69, 9.17) is 4.74 Å². The quantitative estimate of drug-likeness (QED) is 0.746. The normalized spacial score (nSPS) is 14.2. The smallest absolute Gasteiger partial charge is 0.119 e. The number of rotatable bonds is 8. The Morgan fingerprint density at radius 2 is 1.94 bits per heavy atom. The first kappa shape index (κ1) is 15.0. The highest BCUT2D eigenvalue weighted by Crippen LogP contribution is 2.11. The monoisotopic (exact) mass is 251 g/mol. The molecule has 2 N–H and O–H groups in total. The SMILES string of the molecule is CCCC(C)NCC(O)COc1ccc(C)cc1. The molecule has 0 fully saturated rings. The van der Waals surface area contributed by atoms with E-state index in [9.17, 15) is 5.11 Å². The first-order valence-electron chi connectivity index (χ1n) is 6.72. The lowest BCUT2D eigenvalue weighted by Crippen LogP contribution is -2.36. The third kappa shape index (κ3) is 6.03. The van der Waals surface area contributed by atoms with E-state index in [0.717, 1.165) is 18.6 Å². The first-order valence-corrected chi connectivity index (χ1v) is 6.72. The molecule has 1 aromatic carbocycles. The summed E-state index contributed by atoms with van der Waals surface area (Å²) in [5, 5.41) is 13.1. The second kappa shape index (κ2) is 8.11. The van der Waals surface area contributed by atoms with E-state index in [1.807, 2.05) is 31.2 Å². The highest BCUT2D eigenvalue weighted by atomic mass is 16.5. The predicted octanol–water partition coefficient (Wildman–Crippen LogP) is 2.51. The maximum absolute atomic E-state index is 9.79. The summed E-state index contributed by atoms with van der Waals surface area (Å²) in [5.74, 6) is 0.807. The maximum atomic E-state index is 9.79. The topological polar surface area (TPSA) is 41.5 Å². The molecule has 3 nitrogen and oxygen atoms in total. The number of aryl methyl sites for hydroxylation is 1. The summed E-state index contributed by atoms with van der Waals surface area (Å²) < 4.78 is 5.53. The van der Waals surface area contributed by atoms with Gasteiger partial charge in [0.1, 0.15) is 18.5 Å². The molecule has 1 rings (SSSR count). The lowest BCUT2D eigenvalue weighted by molar-refractivity contribution is 0.104. The molecular formula is C15H25NO2. The van der Waals surface area contributed by atoms with Crippen LogP contribution in [0.3, 0.4) is 0 Å². The fraction of sp³-hybridized carbons (Fsp3) is 0.600. The molecule has 0 heterocycles. The summed E-state index contributed by atoms with van der Waals surface area (Å²) >= 11 is 0. The molecule has 18 heavy (non-hydrogen) atoms. The van der Waals surface area contributed by atoms with Crippen LogP contribution in [0.4, 0.5) is 0 Å². The highest BCUT2D eigenvalue weighted by Gasteiger charge is 2.07. The van der Waals surface area contributed by atoms with E-state index < -0.39 is 6.10 Å². The van der Waals surface area contributed by atoms with Gasteiger partial charge < -0.3 is 15.2 Å². The zero-order chi connectivity index (χ0) is 13.4. The Labute approximate surface area is 110 Å². The molecule has 2 unspecified atom stereocenters. The van der Waals surface area contributed by atoms with E-state index >= 15 is 0 Å². The molecule has 0 aromatic heterocycles. The fourth-order valence-electron chi connectivity index (χ4n) is 1.76. The van der Waals surface area contributed by atoms with Crippen LogP contribution in [0.2, 0.25) is 0 Å². The second-order valence-corrected chi connectivity index (χ2v) is 4.88. The van der Waals surface area contributed by atoms with Gasteiger partial charge in [-0.05, 0) is 32.4 Å². The molecule has 102 valence electrons. The number of ether oxygens (including phenoxy) is 1. The van der Waals surface area contributed by atoms with Crippen LogP contribution in [-0.2, 0) is 0 Å². The van der Waals surface area contributed by atoms with Gasteiger partial charge in [-0.2, -0.15) is 0 Å². The van der Waals surface area contributed by atoms with Crippen molar-refractivity contribution < 1.29 is 9.84 Å². The summed E-state index contributed by atoms with van der Waals surface area (Å²) in [4.78, 5) is 0. The molecule has 0 amide bonds. The van der Waals surface area contributed by atoms with Gasteiger partial charge in [0.25, 0.3) is 0 Å². The summed E-state index contributed by atoms with van der Waals surface area (Å²) in [6.07, 6.45) is 1.82. The van der Waals surface area contributed by atoms with Crippen LogP contribution < -0.4 is 10.1 Å². The van der Waals surface area contributed by atoms with Crippen molar-refractivity contribution >= 4 is 0 Å². The summed E-state index contributed by atoms with van der Waals surface area (Å²) in [5.41, 5.74) is 1.21. The van der Waals surface area contributed by atoms with Gasteiger partial charge in [-0.1, -0.05) is 31.0 Å². The Balaban J connectivity index is 2.20. The number of benzene rings is 1. The Kier molecular flexibility index (Phi) is 6.76. The molecule has 0 aliphatic rings. The van der Waals surface area contributed by atoms with Crippen molar-refractivity contribution in [2.45, 2.75) is 45.8 Å². The molecule has 0 saturated heterocycles. The number of hydrogen-bond donors (Lipinski definition) is 2. The molecule has 3 heteroatoms. The maximum Gasteiger partial charge on any atom is 0.119 e. The number of nitrogens with one attached hydrogen (secondary N) is 1.